The van der Waals surface area contributed by atoms with Crippen LogP contribution >= 0.6 is 0 Å². The summed E-state index contributed by atoms with van der Waals surface area (Å²) in [6.07, 6.45) is 0. The van der Waals surface area contributed by atoms with Gasteiger partial charge < -0.3 is 5.73 Å². The van der Waals surface area contributed by atoms with Crippen LogP contribution in [0.25, 0.3) is 16.9 Å². The molecule has 0 bridgehead atoms. The lowest BCUT2D eigenvalue weighted by atomic mass is 10.1. The molecular formula is C16H16N4. The van der Waals surface area contributed by atoms with Crippen molar-refractivity contribution in [2.24, 2.45) is 0 Å². The van der Waals surface area contributed by atoms with E-state index in [0.717, 1.165) is 16.8 Å². The minimum absolute atomic E-state index is 0.558. The molecule has 0 aliphatic heterocycles. The molecule has 2 aromatic carbocycles. The molecule has 4 heteroatoms. The number of hydrogen-bond donors (Lipinski definition) is 1. The van der Waals surface area contributed by atoms with Crippen LogP contribution in [0.5, 0.6) is 0 Å². The summed E-state index contributed by atoms with van der Waals surface area (Å²) in [5, 5.41) is 8.41. The number of hydrogen-bond acceptors (Lipinski definition) is 3. The molecule has 0 spiro atoms. The van der Waals surface area contributed by atoms with E-state index in [2.05, 4.69) is 23.3 Å². The fraction of sp³-hybridized carbons (Fsp3) is 0.125. The maximum absolute atomic E-state index is 6.21. The van der Waals surface area contributed by atoms with Crippen molar-refractivity contribution in [3.8, 4) is 16.9 Å². The molecule has 2 N–H and O–H groups in total. The number of nitrogens with two attached hydrogens (primary N) is 1. The predicted molar refractivity (Wildman–Crippen MR) is 80.7 cm³/mol. The normalized spacial score (nSPS) is 10.7. The van der Waals surface area contributed by atoms with Crippen molar-refractivity contribution in [3.63, 3.8) is 0 Å². The van der Waals surface area contributed by atoms with E-state index in [9.17, 15) is 0 Å². The molecule has 0 fully saturated rings. The van der Waals surface area contributed by atoms with Crippen LogP contribution in [0, 0.1) is 13.8 Å². The molecule has 0 saturated carbocycles. The first-order chi connectivity index (χ1) is 9.66. The summed E-state index contributed by atoms with van der Waals surface area (Å²) < 4.78 is 1.69. The van der Waals surface area contributed by atoms with E-state index < -0.39 is 0 Å². The van der Waals surface area contributed by atoms with E-state index in [0.29, 0.717) is 11.5 Å². The van der Waals surface area contributed by atoms with E-state index in [1.165, 1.54) is 5.56 Å². The summed E-state index contributed by atoms with van der Waals surface area (Å²) in [5.41, 5.74) is 11.2. The van der Waals surface area contributed by atoms with Crippen LogP contribution in [0.1, 0.15) is 11.1 Å². The number of aromatic nitrogens is 3. The van der Waals surface area contributed by atoms with Gasteiger partial charge in [0, 0.05) is 5.56 Å². The number of aryl methyl sites for hydroxylation is 2. The van der Waals surface area contributed by atoms with Crippen molar-refractivity contribution >= 4 is 5.82 Å². The lowest BCUT2D eigenvalue weighted by molar-refractivity contribution is 0.805. The minimum atomic E-state index is 0.558. The maximum Gasteiger partial charge on any atom is 0.155 e. The van der Waals surface area contributed by atoms with E-state index in [4.69, 9.17) is 5.73 Å². The molecule has 0 aliphatic carbocycles. The van der Waals surface area contributed by atoms with Crippen LogP contribution in [0.4, 0.5) is 5.82 Å². The van der Waals surface area contributed by atoms with Crippen LogP contribution in [-0.4, -0.2) is 15.0 Å². The summed E-state index contributed by atoms with van der Waals surface area (Å²) in [6, 6.07) is 16.0. The Bertz CT molecular complexity index is 744. The van der Waals surface area contributed by atoms with Gasteiger partial charge in [0.05, 0.1) is 5.69 Å². The van der Waals surface area contributed by atoms with Gasteiger partial charge in [-0.3, -0.25) is 0 Å². The first-order valence-corrected chi connectivity index (χ1v) is 6.51. The second kappa shape index (κ2) is 4.81. The van der Waals surface area contributed by atoms with E-state index in [1.54, 1.807) is 4.68 Å². The zero-order chi connectivity index (χ0) is 14.1. The average molecular weight is 264 g/mol. The summed E-state index contributed by atoms with van der Waals surface area (Å²) in [5.74, 6) is 0.558. The molecule has 3 rings (SSSR count). The first kappa shape index (κ1) is 12.4. The Morgan fingerprint density at radius 2 is 1.75 bits per heavy atom. The van der Waals surface area contributed by atoms with Crippen molar-refractivity contribution in [1.29, 1.82) is 0 Å². The molecule has 1 aromatic heterocycles. The van der Waals surface area contributed by atoms with Crippen molar-refractivity contribution in [2.75, 3.05) is 5.73 Å². The van der Waals surface area contributed by atoms with Crippen LogP contribution in [0.15, 0.2) is 48.5 Å². The number of nitrogens with zero attached hydrogens (tertiary/aromatic N) is 3. The van der Waals surface area contributed by atoms with E-state index in [1.807, 2.05) is 49.4 Å². The van der Waals surface area contributed by atoms with Crippen molar-refractivity contribution < 1.29 is 0 Å². The van der Waals surface area contributed by atoms with Crippen LogP contribution < -0.4 is 5.73 Å². The van der Waals surface area contributed by atoms with Crippen LogP contribution in [0.2, 0.25) is 0 Å². The highest BCUT2D eigenvalue weighted by molar-refractivity contribution is 5.71. The number of benzene rings is 2. The second-order valence-electron chi connectivity index (χ2n) is 4.89. The summed E-state index contributed by atoms with van der Waals surface area (Å²) in [7, 11) is 0. The van der Waals surface area contributed by atoms with Crippen molar-refractivity contribution in [3.05, 3.63) is 59.7 Å². The Balaban J connectivity index is 2.11. The molecule has 20 heavy (non-hydrogen) atoms. The second-order valence-corrected chi connectivity index (χ2v) is 4.89. The molecule has 0 aliphatic rings. The van der Waals surface area contributed by atoms with Gasteiger partial charge in [0.25, 0.3) is 0 Å². The molecule has 0 radical (unpaired) electrons. The van der Waals surface area contributed by atoms with Gasteiger partial charge in [0.1, 0.15) is 5.69 Å². The van der Waals surface area contributed by atoms with Crippen LogP contribution in [-0.2, 0) is 0 Å². The first-order valence-electron chi connectivity index (χ1n) is 6.51. The summed E-state index contributed by atoms with van der Waals surface area (Å²) in [6.45, 7) is 4.11. The number of anilines is 1. The molecule has 0 atom stereocenters. The highest BCUT2D eigenvalue weighted by Gasteiger charge is 2.13. The third-order valence-electron chi connectivity index (χ3n) is 3.33. The Morgan fingerprint density at radius 1 is 1.00 bits per heavy atom. The topological polar surface area (TPSA) is 56.7 Å². The molecule has 0 amide bonds. The summed E-state index contributed by atoms with van der Waals surface area (Å²) in [4.78, 5) is 0. The smallest absolute Gasteiger partial charge is 0.155 e. The SMILES string of the molecule is Cc1ccc(-n2nnc(-c3ccccc3)c2N)c(C)c1. The standard InChI is InChI=1S/C16H16N4/c1-11-8-9-14(12(2)10-11)20-16(17)15(18-19-20)13-6-4-3-5-7-13/h3-10H,17H2,1-2H3. The minimum Gasteiger partial charge on any atom is -0.382 e. The van der Waals surface area contributed by atoms with Gasteiger partial charge in [-0.15, -0.1) is 5.10 Å². The quantitative estimate of drug-likeness (QED) is 0.773. The van der Waals surface area contributed by atoms with Crippen molar-refractivity contribution in [2.45, 2.75) is 13.8 Å². The van der Waals surface area contributed by atoms with E-state index >= 15 is 0 Å². The molecule has 4 nitrogen and oxygen atoms in total. The Labute approximate surface area is 117 Å². The molecule has 0 unspecified atom stereocenters. The zero-order valence-electron chi connectivity index (χ0n) is 11.5. The van der Waals surface area contributed by atoms with Crippen LogP contribution in [0.3, 0.4) is 0 Å². The number of nitrogen functional groups attached to an aromatic ring is 1. The third kappa shape index (κ3) is 2.05. The maximum atomic E-state index is 6.21. The Morgan fingerprint density at radius 3 is 2.45 bits per heavy atom. The number of rotatable bonds is 2. The van der Waals surface area contributed by atoms with Crippen molar-refractivity contribution in [1.82, 2.24) is 15.0 Å². The van der Waals surface area contributed by atoms with Gasteiger partial charge in [0.2, 0.25) is 0 Å². The molecule has 0 saturated heterocycles. The molecule has 1 heterocycles. The Hall–Kier alpha value is -2.62. The fourth-order valence-electron chi connectivity index (χ4n) is 2.31. The fourth-order valence-corrected chi connectivity index (χ4v) is 2.31. The van der Waals surface area contributed by atoms with Gasteiger partial charge in [-0.1, -0.05) is 53.2 Å². The average Bonchev–Trinajstić information content (AvgIpc) is 2.82. The molecule has 3 aromatic rings. The van der Waals surface area contributed by atoms with Gasteiger partial charge in [0.15, 0.2) is 5.82 Å². The molecular weight excluding hydrogens is 248 g/mol. The van der Waals surface area contributed by atoms with Gasteiger partial charge in [-0.25, -0.2) is 0 Å². The van der Waals surface area contributed by atoms with Gasteiger partial charge in [-0.2, -0.15) is 4.68 Å². The zero-order valence-corrected chi connectivity index (χ0v) is 11.5. The third-order valence-corrected chi connectivity index (χ3v) is 3.33. The predicted octanol–water partition coefficient (Wildman–Crippen LogP) is 3.13. The highest BCUT2D eigenvalue weighted by atomic mass is 15.5. The Kier molecular flexibility index (Phi) is 2.99. The lowest BCUT2D eigenvalue weighted by Gasteiger charge is -2.08. The van der Waals surface area contributed by atoms with Gasteiger partial charge in [-0.05, 0) is 25.5 Å². The largest absolute Gasteiger partial charge is 0.382 e. The van der Waals surface area contributed by atoms with Gasteiger partial charge >= 0.3 is 0 Å². The lowest BCUT2D eigenvalue weighted by Crippen LogP contribution is -2.04. The highest BCUT2D eigenvalue weighted by Crippen LogP contribution is 2.26. The monoisotopic (exact) mass is 264 g/mol. The summed E-state index contributed by atoms with van der Waals surface area (Å²) >= 11 is 0. The van der Waals surface area contributed by atoms with E-state index in [-0.39, 0.29) is 0 Å². The molecule has 100 valence electrons.